The van der Waals surface area contributed by atoms with Crippen molar-refractivity contribution in [1.29, 1.82) is 0 Å². The van der Waals surface area contributed by atoms with Crippen LogP contribution in [0.5, 0.6) is 0 Å². The van der Waals surface area contributed by atoms with Crippen molar-refractivity contribution in [2.45, 2.75) is 25.3 Å². The van der Waals surface area contributed by atoms with Crippen LogP contribution >= 0.6 is 22.6 Å². The molecule has 1 aromatic carbocycles. The summed E-state index contributed by atoms with van der Waals surface area (Å²) >= 11 is 2.27. The molecule has 0 aliphatic heterocycles. The van der Waals surface area contributed by atoms with Gasteiger partial charge in [0, 0.05) is 5.56 Å². The lowest BCUT2D eigenvalue weighted by Crippen LogP contribution is -1.90. The molecule has 0 saturated heterocycles. The first-order valence-corrected chi connectivity index (χ1v) is 6.68. The van der Waals surface area contributed by atoms with Gasteiger partial charge in [0.1, 0.15) is 5.69 Å². The fraction of sp³-hybridized carbons (Fsp3) is 0.333. The SMILES string of the molecule is Cc1cc(C)c(-c2cn(CI)nn2)cc1C. The van der Waals surface area contributed by atoms with E-state index < -0.39 is 0 Å². The van der Waals surface area contributed by atoms with Crippen molar-refractivity contribution in [2.24, 2.45) is 0 Å². The number of hydrogen-bond acceptors (Lipinski definition) is 2. The van der Waals surface area contributed by atoms with E-state index in [2.05, 4.69) is 65.8 Å². The summed E-state index contributed by atoms with van der Waals surface area (Å²) in [7, 11) is 0. The minimum Gasteiger partial charge on any atom is -0.242 e. The van der Waals surface area contributed by atoms with Gasteiger partial charge >= 0.3 is 0 Å². The van der Waals surface area contributed by atoms with Gasteiger partial charge in [-0.25, -0.2) is 4.68 Å². The van der Waals surface area contributed by atoms with E-state index in [9.17, 15) is 0 Å². The van der Waals surface area contributed by atoms with E-state index in [1.165, 1.54) is 22.3 Å². The maximum absolute atomic E-state index is 4.20. The Morgan fingerprint density at radius 3 is 2.44 bits per heavy atom. The Hall–Kier alpha value is -0.910. The van der Waals surface area contributed by atoms with Gasteiger partial charge in [-0.05, 0) is 43.5 Å². The lowest BCUT2D eigenvalue weighted by molar-refractivity contribution is 0.715. The average Bonchev–Trinajstić information content (AvgIpc) is 2.71. The van der Waals surface area contributed by atoms with Gasteiger partial charge in [0.25, 0.3) is 0 Å². The predicted octanol–water partition coefficient (Wildman–Crippen LogP) is 3.26. The van der Waals surface area contributed by atoms with Gasteiger partial charge in [0.05, 0.1) is 10.7 Å². The molecule has 0 bridgehead atoms. The normalized spacial score (nSPS) is 10.8. The molecule has 2 rings (SSSR count). The summed E-state index contributed by atoms with van der Waals surface area (Å²) in [5, 5.41) is 8.26. The summed E-state index contributed by atoms with van der Waals surface area (Å²) in [6.45, 7) is 6.37. The van der Waals surface area contributed by atoms with E-state index in [0.29, 0.717) is 0 Å². The number of benzene rings is 1. The van der Waals surface area contributed by atoms with E-state index in [1.54, 1.807) is 0 Å². The summed E-state index contributed by atoms with van der Waals surface area (Å²) in [4.78, 5) is 0. The first kappa shape index (κ1) is 11.6. The third-order valence-corrected chi connectivity index (χ3v) is 3.48. The lowest BCUT2D eigenvalue weighted by Gasteiger charge is -2.06. The van der Waals surface area contributed by atoms with Crippen molar-refractivity contribution in [1.82, 2.24) is 15.0 Å². The molecule has 4 heteroatoms. The molecule has 0 fully saturated rings. The highest BCUT2D eigenvalue weighted by Crippen LogP contribution is 2.24. The highest BCUT2D eigenvalue weighted by atomic mass is 127. The fourth-order valence-corrected chi connectivity index (χ4v) is 2.05. The molecule has 0 spiro atoms. The second kappa shape index (κ2) is 4.53. The maximum Gasteiger partial charge on any atom is 0.113 e. The van der Waals surface area contributed by atoms with Crippen LogP contribution in [0.25, 0.3) is 11.3 Å². The summed E-state index contributed by atoms with van der Waals surface area (Å²) in [5.41, 5.74) is 6.01. The zero-order valence-corrected chi connectivity index (χ0v) is 11.8. The Kier molecular flexibility index (Phi) is 3.28. The first-order chi connectivity index (χ1) is 7.61. The molecule has 1 aromatic heterocycles. The van der Waals surface area contributed by atoms with Gasteiger partial charge in [-0.3, -0.25) is 0 Å². The molecule has 16 heavy (non-hydrogen) atoms. The number of halogens is 1. The third-order valence-electron chi connectivity index (χ3n) is 2.78. The van der Waals surface area contributed by atoms with Crippen molar-refractivity contribution in [3.8, 4) is 11.3 Å². The van der Waals surface area contributed by atoms with Crippen LogP contribution in [0.15, 0.2) is 18.3 Å². The smallest absolute Gasteiger partial charge is 0.113 e. The topological polar surface area (TPSA) is 30.7 Å². The quantitative estimate of drug-likeness (QED) is 0.626. The standard InChI is InChI=1S/C12H14IN3/c1-8-4-10(3)11(5-9(8)2)12-6-16(7-13)15-14-12/h4-6H,7H2,1-3H3. The van der Waals surface area contributed by atoms with Gasteiger partial charge in [-0.15, -0.1) is 5.10 Å². The number of rotatable bonds is 2. The molecule has 2 aromatic rings. The molecule has 0 aliphatic rings. The summed E-state index contributed by atoms with van der Waals surface area (Å²) in [6.07, 6.45) is 1.99. The molecule has 0 saturated carbocycles. The van der Waals surface area contributed by atoms with Crippen molar-refractivity contribution in [2.75, 3.05) is 0 Å². The molecular weight excluding hydrogens is 313 g/mol. The van der Waals surface area contributed by atoms with Crippen LogP contribution in [0.2, 0.25) is 0 Å². The highest BCUT2D eigenvalue weighted by Gasteiger charge is 2.08. The third kappa shape index (κ3) is 2.11. The maximum atomic E-state index is 4.20. The lowest BCUT2D eigenvalue weighted by atomic mass is 9.99. The molecule has 0 radical (unpaired) electrons. The van der Waals surface area contributed by atoms with E-state index in [0.717, 1.165) is 10.2 Å². The van der Waals surface area contributed by atoms with E-state index in [-0.39, 0.29) is 0 Å². The summed E-state index contributed by atoms with van der Waals surface area (Å²) < 4.78 is 2.67. The van der Waals surface area contributed by atoms with Crippen molar-refractivity contribution >= 4 is 22.6 Å². The van der Waals surface area contributed by atoms with Crippen molar-refractivity contribution < 1.29 is 0 Å². The van der Waals surface area contributed by atoms with Crippen LogP contribution in [-0.2, 0) is 4.55 Å². The molecule has 0 amide bonds. The molecular formula is C12H14IN3. The number of nitrogens with zero attached hydrogens (tertiary/aromatic N) is 3. The minimum absolute atomic E-state index is 0.828. The molecule has 0 atom stereocenters. The molecule has 84 valence electrons. The summed E-state index contributed by atoms with van der Waals surface area (Å²) in [5.74, 6) is 0. The zero-order valence-electron chi connectivity index (χ0n) is 9.66. The Bertz CT molecular complexity index is 517. The second-order valence-corrected chi connectivity index (χ2v) is 4.70. The fourth-order valence-electron chi connectivity index (χ4n) is 1.72. The van der Waals surface area contributed by atoms with Gasteiger partial charge in [-0.1, -0.05) is 33.9 Å². The van der Waals surface area contributed by atoms with E-state index in [1.807, 2.05) is 10.9 Å². The van der Waals surface area contributed by atoms with Crippen LogP contribution in [0.1, 0.15) is 16.7 Å². The predicted molar refractivity (Wildman–Crippen MR) is 73.7 cm³/mol. The van der Waals surface area contributed by atoms with Crippen LogP contribution in [-0.4, -0.2) is 15.0 Å². The number of hydrogen-bond donors (Lipinski definition) is 0. The van der Waals surface area contributed by atoms with Crippen molar-refractivity contribution in [3.05, 3.63) is 35.0 Å². The minimum atomic E-state index is 0.828. The molecule has 0 N–H and O–H groups in total. The van der Waals surface area contributed by atoms with Crippen LogP contribution in [0.3, 0.4) is 0 Å². The Morgan fingerprint density at radius 1 is 1.12 bits per heavy atom. The molecule has 0 aliphatic carbocycles. The number of aromatic nitrogens is 3. The van der Waals surface area contributed by atoms with Gasteiger partial charge in [0.15, 0.2) is 0 Å². The van der Waals surface area contributed by atoms with Crippen molar-refractivity contribution in [3.63, 3.8) is 0 Å². The second-order valence-electron chi connectivity index (χ2n) is 4.01. The van der Waals surface area contributed by atoms with E-state index in [4.69, 9.17) is 0 Å². The van der Waals surface area contributed by atoms with Gasteiger partial charge in [-0.2, -0.15) is 0 Å². The monoisotopic (exact) mass is 327 g/mol. The van der Waals surface area contributed by atoms with E-state index >= 15 is 0 Å². The van der Waals surface area contributed by atoms with Crippen LogP contribution in [0.4, 0.5) is 0 Å². The van der Waals surface area contributed by atoms with Crippen LogP contribution < -0.4 is 0 Å². The molecule has 3 nitrogen and oxygen atoms in total. The Balaban J connectivity index is 2.51. The zero-order chi connectivity index (χ0) is 11.7. The Labute approximate surface area is 109 Å². The summed E-state index contributed by atoms with van der Waals surface area (Å²) in [6, 6.07) is 4.39. The Morgan fingerprint density at radius 2 is 1.81 bits per heavy atom. The first-order valence-electron chi connectivity index (χ1n) is 5.16. The number of aryl methyl sites for hydroxylation is 3. The largest absolute Gasteiger partial charge is 0.242 e. The van der Waals surface area contributed by atoms with Gasteiger partial charge in [0.2, 0.25) is 0 Å². The highest BCUT2D eigenvalue weighted by molar-refractivity contribution is 14.1. The number of alkyl halides is 1. The molecule has 1 heterocycles. The molecule has 0 unspecified atom stereocenters. The van der Waals surface area contributed by atoms with Crippen LogP contribution in [0, 0.1) is 20.8 Å². The van der Waals surface area contributed by atoms with Gasteiger partial charge < -0.3 is 0 Å². The average molecular weight is 327 g/mol.